The highest BCUT2D eigenvalue weighted by Gasteiger charge is 2.21. The van der Waals surface area contributed by atoms with E-state index < -0.39 is 0 Å². The van der Waals surface area contributed by atoms with Crippen molar-refractivity contribution < 1.29 is 4.79 Å². The third-order valence-electron chi connectivity index (χ3n) is 6.19. The first-order valence-electron chi connectivity index (χ1n) is 11.8. The molecule has 1 saturated heterocycles. The highest BCUT2D eigenvalue weighted by atomic mass is 16.1. The van der Waals surface area contributed by atoms with Crippen LogP contribution in [-0.2, 0) is 0 Å². The van der Waals surface area contributed by atoms with E-state index in [2.05, 4.69) is 47.9 Å². The van der Waals surface area contributed by atoms with Gasteiger partial charge >= 0.3 is 0 Å². The molecule has 0 radical (unpaired) electrons. The summed E-state index contributed by atoms with van der Waals surface area (Å²) in [5.41, 5.74) is 4.18. The van der Waals surface area contributed by atoms with Crippen LogP contribution in [0, 0.1) is 11.3 Å². The van der Waals surface area contributed by atoms with Gasteiger partial charge in [0.2, 0.25) is 5.95 Å². The highest BCUT2D eigenvalue weighted by Crippen LogP contribution is 2.27. The average Bonchev–Trinajstić information content (AvgIpc) is 3.48. The largest absolute Gasteiger partial charge is 0.371 e. The fourth-order valence-corrected chi connectivity index (χ4v) is 4.28. The van der Waals surface area contributed by atoms with Crippen molar-refractivity contribution >= 4 is 23.2 Å². The predicted octanol–water partition coefficient (Wildman–Crippen LogP) is 3.57. The van der Waals surface area contributed by atoms with Crippen LogP contribution in [0.15, 0.2) is 73.2 Å². The molecule has 0 atom stereocenters. The molecule has 1 aliphatic heterocycles. The van der Waals surface area contributed by atoms with Crippen LogP contribution in [0.25, 0.3) is 11.3 Å². The smallest absolute Gasteiger partial charge is 0.252 e. The van der Waals surface area contributed by atoms with E-state index in [9.17, 15) is 4.79 Å². The molecule has 2 N–H and O–H groups in total. The summed E-state index contributed by atoms with van der Waals surface area (Å²) >= 11 is 0. The fraction of sp³-hybridized carbons (Fsp3) is 0.231. The maximum atomic E-state index is 12.0. The van der Waals surface area contributed by atoms with Gasteiger partial charge in [-0.05, 0) is 55.3 Å². The average molecular weight is 480 g/mol. The standard InChI is InChI=1S/C26H25N9O/c27-12-14-28-25(36)20-3-1-19(2-4-20)24-9-13-29-26(32-24)31-21-5-7-22(8-6-21)34-16-10-23(11-17-34)35-18-15-30-33-35/h1-9,13,15,18,23H,10-11,14,16-17H2,(H,28,36)(H,29,31,32). The highest BCUT2D eigenvalue weighted by molar-refractivity contribution is 5.94. The van der Waals surface area contributed by atoms with Gasteiger partial charge in [-0.1, -0.05) is 17.3 Å². The molecule has 10 nitrogen and oxygen atoms in total. The normalized spacial score (nSPS) is 13.7. The molecule has 180 valence electrons. The lowest BCUT2D eigenvalue weighted by atomic mass is 10.0. The molecule has 5 rings (SSSR count). The van der Waals surface area contributed by atoms with E-state index in [0.717, 1.165) is 42.9 Å². The Labute approximate surface area is 208 Å². The lowest BCUT2D eigenvalue weighted by Gasteiger charge is -2.33. The van der Waals surface area contributed by atoms with Gasteiger partial charge in [-0.15, -0.1) is 5.10 Å². The minimum absolute atomic E-state index is 0.0228. The molecule has 4 aromatic rings. The monoisotopic (exact) mass is 479 g/mol. The van der Waals surface area contributed by atoms with Crippen molar-refractivity contribution in [3.05, 3.63) is 78.8 Å². The Morgan fingerprint density at radius 2 is 1.81 bits per heavy atom. The van der Waals surface area contributed by atoms with Crippen LogP contribution in [0.3, 0.4) is 0 Å². The summed E-state index contributed by atoms with van der Waals surface area (Å²) in [6.45, 7) is 1.92. The zero-order valence-electron chi connectivity index (χ0n) is 19.6. The minimum Gasteiger partial charge on any atom is -0.371 e. The summed E-state index contributed by atoms with van der Waals surface area (Å²) in [6.07, 6.45) is 7.44. The van der Waals surface area contributed by atoms with E-state index in [1.54, 1.807) is 24.5 Å². The fourth-order valence-electron chi connectivity index (χ4n) is 4.28. The molecule has 1 amide bonds. The van der Waals surface area contributed by atoms with Gasteiger partial charge in [-0.3, -0.25) is 4.79 Å². The van der Waals surface area contributed by atoms with Crippen molar-refractivity contribution in [2.75, 3.05) is 29.9 Å². The number of nitriles is 1. The van der Waals surface area contributed by atoms with Crippen LogP contribution < -0.4 is 15.5 Å². The first-order valence-corrected chi connectivity index (χ1v) is 11.8. The third kappa shape index (κ3) is 5.31. The van der Waals surface area contributed by atoms with Gasteiger partial charge in [-0.2, -0.15) is 5.26 Å². The number of aromatic nitrogens is 5. The lowest BCUT2D eigenvalue weighted by Crippen LogP contribution is -2.34. The van der Waals surface area contributed by atoms with E-state index in [0.29, 0.717) is 17.6 Å². The number of piperidine rings is 1. The minimum atomic E-state index is -0.281. The molecule has 0 unspecified atom stereocenters. The Hall–Kier alpha value is -4.78. The third-order valence-corrected chi connectivity index (χ3v) is 6.19. The molecule has 10 heteroatoms. The van der Waals surface area contributed by atoms with E-state index in [4.69, 9.17) is 5.26 Å². The van der Waals surface area contributed by atoms with E-state index in [-0.39, 0.29) is 12.5 Å². The molecule has 0 aliphatic carbocycles. The molecule has 3 heterocycles. The number of hydrogen-bond acceptors (Lipinski definition) is 8. The van der Waals surface area contributed by atoms with Gasteiger partial charge in [0.05, 0.1) is 24.0 Å². The number of anilines is 3. The molecule has 2 aromatic heterocycles. The van der Waals surface area contributed by atoms with Gasteiger partial charge in [0, 0.05) is 48.0 Å². The van der Waals surface area contributed by atoms with Crippen molar-refractivity contribution in [1.29, 1.82) is 5.26 Å². The summed E-state index contributed by atoms with van der Waals surface area (Å²) in [4.78, 5) is 23.3. The maximum absolute atomic E-state index is 12.0. The molecule has 0 saturated carbocycles. The summed E-state index contributed by atoms with van der Waals surface area (Å²) < 4.78 is 1.96. The number of benzene rings is 2. The summed E-state index contributed by atoms with van der Waals surface area (Å²) in [6, 6.07) is 19.5. The SMILES string of the molecule is N#CCNC(=O)c1ccc(-c2ccnc(Nc3ccc(N4CCC(n5ccnn5)CC4)cc3)n2)cc1. The van der Waals surface area contributed by atoms with Gasteiger partial charge in [-0.25, -0.2) is 14.6 Å². The van der Waals surface area contributed by atoms with Crippen LogP contribution in [-0.4, -0.2) is 50.5 Å². The quantitative estimate of drug-likeness (QED) is 0.386. The molecule has 1 fully saturated rings. The summed E-state index contributed by atoms with van der Waals surface area (Å²) in [7, 11) is 0. The van der Waals surface area contributed by atoms with Gasteiger partial charge in [0.15, 0.2) is 0 Å². The molecular formula is C26H25N9O. The van der Waals surface area contributed by atoms with Gasteiger partial charge in [0.25, 0.3) is 5.91 Å². The van der Waals surface area contributed by atoms with Gasteiger partial charge in [0.1, 0.15) is 6.54 Å². The first-order chi connectivity index (χ1) is 17.7. The van der Waals surface area contributed by atoms with Crippen molar-refractivity contribution in [3.63, 3.8) is 0 Å². The lowest BCUT2D eigenvalue weighted by molar-refractivity contribution is 0.0958. The zero-order valence-corrected chi connectivity index (χ0v) is 19.6. The number of hydrogen-bond donors (Lipinski definition) is 2. The van der Waals surface area contributed by atoms with Crippen LogP contribution in [0.1, 0.15) is 29.2 Å². The molecule has 36 heavy (non-hydrogen) atoms. The molecule has 1 aliphatic rings. The van der Waals surface area contributed by atoms with Gasteiger partial charge < -0.3 is 15.5 Å². The topological polar surface area (TPSA) is 125 Å². The molecule has 0 spiro atoms. The number of nitrogens with zero attached hydrogens (tertiary/aromatic N) is 7. The van der Waals surface area contributed by atoms with Crippen molar-refractivity contribution in [3.8, 4) is 17.3 Å². The summed E-state index contributed by atoms with van der Waals surface area (Å²) in [5.74, 6) is 0.209. The van der Waals surface area contributed by atoms with E-state index >= 15 is 0 Å². The van der Waals surface area contributed by atoms with E-state index in [1.165, 1.54) is 5.69 Å². The second kappa shape index (κ2) is 10.7. The zero-order chi connectivity index (χ0) is 24.7. The van der Waals surface area contributed by atoms with E-state index in [1.807, 2.05) is 47.3 Å². The maximum Gasteiger partial charge on any atom is 0.252 e. The van der Waals surface area contributed by atoms with Crippen molar-refractivity contribution in [2.45, 2.75) is 18.9 Å². The Kier molecular flexibility index (Phi) is 6.80. The second-order valence-corrected chi connectivity index (χ2v) is 8.46. The van der Waals surface area contributed by atoms with Crippen LogP contribution >= 0.6 is 0 Å². The Morgan fingerprint density at radius 3 is 2.50 bits per heavy atom. The molecule has 0 bridgehead atoms. The van der Waals surface area contributed by atoms with Crippen LogP contribution in [0.4, 0.5) is 17.3 Å². The molecular weight excluding hydrogens is 454 g/mol. The molecule has 2 aromatic carbocycles. The van der Waals surface area contributed by atoms with Crippen LogP contribution in [0.5, 0.6) is 0 Å². The number of nitrogens with one attached hydrogen (secondary N) is 2. The number of amides is 1. The number of carbonyl (C=O) groups is 1. The predicted molar refractivity (Wildman–Crippen MR) is 136 cm³/mol. The second-order valence-electron chi connectivity index (χ2n) is 8.46. The Balaban J connectivity index is 1.20. The van der Waals surface area contributed by atoms with Crippen molar-refractivity contribution in [2.24, 2.45) is 0 Å². The number of rotatable bonds is 7. The van der Waals surface area contributed by atoms with Crippen molar-refractivity contribution in [1.82, 2.24) is 30.3 Å². The first kappa shape index (κ1) is 23.0. The number of carbonyl (C=O) groups excluding carboxylic acids is 1. The Morgan fingerprint density at radius 1 is 1.03 bits per heavy atom. The van der Waals surface area contributed by atoms with Crippen LogP contribution in [0.2, 0.25) is 0 Å². The summed E-state index contributed by atoms with van der Waals surface area (Å²) in [5, 5.41) is 22.5. The Bertz CT molecular complexity index is 1340.